The van der Waals surface area contributed by atoms with Crippen molar-refractivity contribution in [1.29, 1.82) is 0 Å². The van der Waals surface area contributed by atoms with Gasteiger partial charge < -0.3 is 10.2 Å². The molecule has 0 unspecified atom stereocenters. The van der Waals surface area contributed by atoms with Crippen LogP contribution in [0.15, 0.2) is 0 Å². The molecule has 0 fully saturated rings. The SMILES string of the molecule is CCN(CC(C)(C)CNC(C)(C)C)C(C)C. The molecule has 98 valence electrons. The zero-order chi connectivity index (χ0) is 13.0. The molecule has 2 heteroatoms. The van der Waals surface area contributed by atoms with E-state index in [0.717, 1.165) is 19.6 Å². The molecule has 0 atom stereocenters. The van der Waals surface area contributed by atoms with Crippen LogP contribution in [-0.4, -0.2) is 36.1 Å². The summed E-state index contributed by atoms with van der Waals surface area (Å²) in [6, 6.07) is 0.638. The summed E-state index contributed by atoms with van der Waals surface area (Å²) in [5, 5.41) is 3.60. The van der Waals surface area contributed by atoms with Crippen LogP contribution in [-0.2, 0) is 0 Å². The maximum Gasteiger partial charge on any atom is 0.00967 e. The monoisotopic (exact) mass is 228 g/mol. The topological polar surface area (TPSA) is 15.3 Å². The van der Waals surface area contributed by atoms with Crippen molar-refractivity contribution in [2.24, 2.45) is 5.41 Å². The third-order valence-corrected chi connectivity index (χ3v) is 2.86. The Morgan fingerprint density at radius 3 is 1.88 bits per heavy atom. The van der Waals surface area contributed by atoms with E-state index in [1.807, 2.05) is 0 Å². The van der Waals surface area contributed by atoms with Crippen LogP contribution < -0.4 is 5.32 Å². The van der Waals surface area contributed by atoms with Gasteiger partial charge in [0.25, 0.3) is 0 Å². The van der Waals surface area contributed by atoms with Crippen molar-refractivity contribution in [2.75, 3.05) is 19.6 Å². The van der Waals surface area contributed by atoms with Crippen molar-refractivity contribution in [3.63, 3.8) is 0 Å². The highest BCUT2D eigenvalue weighted by molar-refractivity contribution is 4.81. The van der Waals surface area contributed by atoms with Crippen LogP contribution in [0, 0.1) is 5.41 Å². The summed E-state index contributed by atoms with van der Waals surface area (Å²) >= 11 is 0. The van der Waals surface area contributed by atoms with Gasteiger partial charge in [0.05, 0.1) is 0 Å². The fourth-order valence-electron chi connectivity index (χ4n) is 1.77. The maximum atomic E-state index is 3.60. The molecule has 0 aromatic carbocycles. The van der Waals surface area contributed by atoms with Crippen LogP contribution >= 0.6 is 0 Å². The minimum atomic E-state index is 0.214. The average molecular weight is 228 g/mol. The van der Waals surface area contributed by atoms with E-state index in [1.165, 1.54) is 0 Å². The summed E-state index contributed by atoms with van der Waals surface area (Å²) in [6.45, 7) is 21.5. The van der Waals surface area contributed by atoms with Gasteiger partial charge in [-0.05, 0) is 46.6 Å². The molecule has 0 aromatic rings. The zero-order valence-corrected chi connectivity index (χ0v) is 12.6. The highest BCUT2D eigenvalue weighted by Crippen LogP contribution is 2.18. The summed E-state index contributed by atoms with van der Waals surface area (Å²) in [5.41, 5.74) is 0.541. The summed E-state index contributed by atoms with van der Waals surface area (Å²) in [4.78, 5) is 2.53. The largest absolute Gasteiger partial charge is 0.311 e. The Morgan fingerprint density at radius 2 is 1.56 bits per heavy atom. The van der Waals surface area contributed by atoms with Crippen LogP contribution in [0.2, 0.25) is 0 Å². The molecule has 0 spiro atoms. The standard InChI is InChI=1S/C14H32N2/c1-9-16(12(2)3)11-14(7,8)10-15-13(4,5)6/h12,15H,9-11H2,1-8H3. The molecular weight excluding hydrogens is 196 g/mol. The molecule has 0 aliphatic rings. The first kappa shape index (κ1) is 15.9. The molecule has 0 saturated heterocycles. The summed E-state index contributed by atoms with van der Waals surface area (Å²) in [7, 11) is 0. The Hall–Kier alpha value is -0.0800. The first-order valence-electron chi connectivity index (χ1n) is 6.56. The molecule has 0 saturated carbocycles. The van der Waals surface area contributed by atoms with Crippen LogP contribution in [0.4, 0.5) is 0 Å². The zero-order valence-electron chi connectivity index (χ0n) is 12.6. The van der Waals surface area contributed by atoms with Crippen molar-refractivity contribution in [2.45, 2.75) is 67.0 Å². The molecule has 0 radical (unpaired) electrons. The van der Waals surface area contributed by atoms with Crippen molar-refractivity contribution in [3.05, 3.63) is 0 Å². The Bertz CT molecular complexity index is 189. The number of nitrogens with one attached hydrogen (secondary N) is 1. The van der Waals surface area contributed by atoms with Crippen molar-refractivity contribution < 1.29 is 0 Å². The maximum absolute atomic E-state index is 3.60. The third kappa shape index (κ3) is 7.24. The van der Waals surface area contributed by atoms with Gasteiger partial charge in [-0.1, -0.05) is 20.8 Å². The van der Waals surface area contributed by atoms with Gasteiger partial charge in [-0.2, -0.15) is 0 Å². The average Bonchev–Trinajstić information content (AvgIpc) is 2.10. The minimum Gasteiger partial charge on any atom is -0.311 e. The molecule has 0 rings (SSSR count). The summed E-state index contributed by atoms with van der Waals surface area (Å²) in [6.07, 6.45) is 0. The van der Waals surface area contributed by atoms with Crippen LogP contribution in [0.1, 0.15) is 55.4 Å². The number of hydrogen-bond acceptors (Lipinski definition) is 2. The first-order valence-corrected chi connectivity index (χ1v) is 6.56. The third-order valence-electron chi connectivity index (χ3n) is 2.86. The van der Waals surface area contributed by atoms with Crippen molar-refractivity contribution in [1.82, 2.24) is 10.2 Å². The van der Waals surface area contributed by atoms with Crippen LogP contribution in [0.25, 0.3) is 0 Å². The fraction of sp³-hybridized carbons (Fsp3) is 1.00. The number of nitrogens with zero attached hydrogens (tertiary/aromatic N) is 1. The fourth-order valence-corrected chi connectivity index (χ4v) is 1.77. The second-order valence-electron chi connectivity index (χ2n) is 6.92. The van der Waals surface area contributed by atoms with E-state index in [-0.39, 0.29) is 5.54 Å². The Labute approximate surface area is 103 Å². The van der Waals surface area contributed by atoms with Gasteiger partial charge in [0, 0.05) is 24.7 Å². The molecule has 2 nitrogen and oxygen atoms in total. The van der Waals surface area contributed by atoms with Gasteiger partial charge in [-0.25, -0.2) is 0 Å². The molecule has 0 heterocycles. The summed E-state index contributed by atoms with van der Waals surface area (Å²) < 4.78 is 0. The van der Waals surface area contributed by atoms with Crippen molar-refractivity contribution in [3.8, 4) is 0 Å². The predicted octanol–water partition coefficient (Wildman–Crippen LogP) is 3.13. The van der Waals surface area contributed by atoms with Gasteiger partial charge in [0.2, 0.25) is 0 Å². The molecule has 0 aliphatic heterocycles. The second-order valence-corrected chi connectivity index (χ2v) is 6.92. The molecule has 0 aromatic heterocycles. The lowest BCUT2D eigenvalue weighted by molar-refractivity contribution is 0.142. The van der Waals surface area contributed by atoms with E-state index in [2.05, 4.69) is 65.6 Å². The van der Waals surface area contributed by atoms with Gasteiger partial charge >= 0.3 is 0 Å². The molecule has 0 bridgehead atoms. The lowest BCUT2D eigenvalue weighted by Crippen LogP contribution is -2.47. The normalized spacial score (nSPS) is 13.9. The molecule has 16 heavy (non-hydrogen) atoms. The molecule has 1 N–H and O–H groups in total. The smallest absolute Gasteiger partial charge is 0.00967 e. The highest BCUT2D eigenvalue weighted by Gasteiger charge is 2.24. The Kier molecular flexibility index (Phi) is 5.99. The molecule has 0 aliphatic carbocycles. The first-order chi connectivity index (χ1) is 7.07. The molecule has 0 amide bonds. The number of rotatable bonds is 6. The van der Waals surface area contributed by atoms with Gasteiger partial charge in [-0.15, -0.1) is 0 Å². The van der Waals surface area contributed by atoms with E-state index >= 15 is 0 Å². The second kappa shape index (κ2) is 6.02. The van der Waals surface area contributed by atoms with Gasteiger partial charge in [0.15, 0.2) is 0 Å². The number of hydrogen-bond donors (Lipinski definition) is 1. The van der Waals surface area contributed by atoms with E-state index in [0.29, 0.717) is 11.5 Å². The minimum absolute atomic E-state index is 0.214. The van der Waals surface area contributed by atoms with E-state index in [9.17, 15) is 0 Å². The predicted molar refractivity (Wildman–Crippen MR) is 73.9 cm³/mol. The quantitative estimate of drug-likeness (QED) is 0.751. The van der Waals surface area contributed by atoms with Gasteiger partial charge in [-0.3, -0.25) is 0 Å². The highest BCUT2D eigenvalue weighted by atomic mass is 15.2. The summed E-state index contributed by atoms with van der Waals surface area (Å²) in [5.74, 6) is 0. The molecular formula is C14H32N2. The lowest BCUT2D eigenvalue weighted by atomic mass is 9.91. The Morgan fingerprint density at radius 1 is 1.06 bits per heavy atom. The van der Waals surface area contributed by atoms with Crippen LogP contribution in [0.3, 0.4) is 0 Å². The lowest BCUT2D eigenvalue weighted by Gasteiger charge is -2.36. The van der Waals surface area contributed by atoms with Crippen LogP contribution in [0.5, 0.6) is 0 Å². The van der Waals surface area contributed by atoms with E-state index in [1.54, 1.807) is 0 Å². The Balaban J connectivity index is 4.22. The van der Waals surface area contributed by atoms with E-state index < -0.39 is 0 Å². The van der Waals surface area contributed by atoms with Crippen molar-refractivity contribution >= 4 is 0 Å². The van der Waals surface area contributed by atoms with E-state index in [4.69, 9.17) is 0 Å². The van der Waals surface area contributed by atoms with Gasteiger partial charge in [0.1, 0.15) is 0 Å².